The second-order valence-electron chi connectivity index (χ2n) is 12.8. The van der Waals surface area contributed by atoms with E-state index in [0.717, 1.165) is 42.9 Å². The molecule has 166 valence electrons. The number of rotatable bonds is 4. The largest absolute Gasteiger partial charge is 0.393 e. The molecule has 0 saturated heterocycles. The highest BCUT2D eigenvalue weighted by molar-refractivity contribution is 5.25. The highest BCUT2D eigenvalue weighted by atomic mass is 16.3. The Balaban J connectivity index is 1.43. The molecule has 2 N–H and O–H groups in total. The van der Waals surface area contributed by atoms with Crippen LogP contribution in [0.25, 0.3) is 0 Å². The van der Waals surface area contributed by atoms with E-state index in [1.54, 1.807) is 5.57 Å². The summed E-state index contributed by atoms with van der Waals surface area (Å²) in [6.45, 7) is 11.6. The minimum absolute atomic E-state index is 0.00926. The van der Waals surface area contributed by atoms with Crippen molar-refractivity contribution in [3.63, 3.8) is 0 Å². The molecular weight excluding hydrogens is 356 g/mol. The van der Waals surface area contributed by atoms with Gasteiger partial charge in [0.05, 0.1) is 12.2 Å². The summed E-state index contributed by atoms with van der Waals surface area (Å²) in [6.07, 6.45) is 15.7. The zero-order valence-electron chi connectivity index (χ0n) is 19.7. The van der Waals surface area contributed by atoms with Gasteiger partial charge in [0, 0.05) is 0 Å². The average Bonchev–Trinajstić information content (AvgIpc) is 2.98. The minimum Gasteiger partial charge on any atom is -0.393 e. The lowest BCUT2D eigenvalue weighted by Crippen LogP contribution is -2.50. The molecular formula is C27H46O2. The first-order valence-electron chi connectivity index (χ1n) is 12.6. The molecule has 8 atom stereocenters. The Morgan fingerprint density at radius 1 is 1.07 bits per heavy atom. The minimum atomic E-state index is -0.174. The molecule has 2 nitrogen and oxygen atoms in total. The van der Waals surface area contributed by atoms with Gasteiger partial charge < -0.3 is 10.2 Å². The van der Waals surface area contributed by atoms with Gasteiger partial charge in [-0.15, -0.1) is 0 Å². The quantitative estimate of drug-likeness (QED) is 0.527. The molecule has 4 aliphatic carbocycles. The summed E-state index contributed by atoms with van der Waals surface area (Å²) in [6, 6.07) is 0. The number of aliphatic hydroxyl groups excluding tert-OH is 2. The van der Waals surface area contributed by atoms with Gasteiger partial charge in [0.2, 0.25) is 0 Å². The second-order valence-corrected chi connectivity index (χ2v) is 12.8. The van der Waals surface area contributed by atoms with E-state index in [4.69, 9.17) is 0 Å². The van der Waals surface area contributed by atoms with Gasteiger partial charge in [-0.05, 0) is 104 Å². The first-order valence-corrected chi connectivity index (χ1v) is 12.6. The number of aliphatic hydroxyl groups is 2. The smallest absolute Gasteiger partial charge is 0.0588 e. The molecule has 0 aromatic rings. The topological polar surface area (TPSA) is 40.5 Å². The van der Waals surface area contributed by atoms with Crippen molar-refractivity contribution in [2.75, 3.05) is 0 Å². The van der Waals surface area contributed by atoms with Crippen LogP contribution in [0.4, 0.5) is 0 Å². The highest BCUT2D eigenvalue weighted by Gasteiger charge is 2.58. The normalized spacial score (nSPS) is 45.8. The molecule has 4 rings (SSSR count). The maximum absolute atomic E-state index is 10.4. The summed E-state index contributed by atoms with van der Waals surface area (Å²) in [7, 11) is 0. The zero-order valence-corrected chi connectivity index (χ0v) is 19.7. The van der Waals surface area contributed by atoms with Crippen LogP contribution in [0.2, 0.25) is 0 Å². The van der Waals surface area contributed by atoms with E-state index in [0.29, 0.717) is 10.8 Å². The molecule has 0 aliphatic heterocycles. The van der Waals surface area contributed by atoms with Crippen molar-refractivity contribution in [3.05, 3.63) is 11.6 Å². The molecule has 0 bridgehead atoms. The van der Waals surface area contributed by atoms with Crippen LogP contribution in [0.5, 0.6) is 0 Å². The van der Waals surface area contributed by atoms with Gasteiger partial charge in [0.1, 0.15) is 0 Å². The number of hydrogen-bond acceptors (Lipinski definition) is 2. The third-order valence-electron chi connectivity index (χ3n) is 10.3. The molecule has 0 heterocycles. The summed E-state index contributed by atoms with van der Waals surface area (Å²) in [5.41, 5.74) is 2.48. The van der Waals surface area contributed by atoms with Gasteiger partial charge in [-0.25, -0.2) is 0 Å². The predicted molar refractivity (Wildman–Crippen MR) is 121 cm³/mol. The molecule has 3 saturated carbocycles. The van der Waals surface area contributed by atoms with E-state index in [2.05, 4.69) is 40.7 Å². The Hall–Kier alpha value is -0.340. The Labute approximate surface area is 179 Å². The number of fused-ring (bicyclic) bond motifs is 5. The third-order valence-corrected chi connectivity index (χ3v) is 10.3. The van der Waals surface area contributed by atoms with E-state index in [-0.39, 0.29) is 17.6 Å². The van der Waals surface area contributed by atoms with Crippen LogP contribution in [0, 0.1) is 39.9 Å². The molecule has 29 heavy (non-hydrogen) atoms. The van der Waals surface area contributed by atoms with Crippen LogP contribution >= 0.6 is 0 Å². The second kappa shape index (κ2) is 7.66. The van der Waals surface area contributed by atoms with Gasteiger partial charge in [-0.3, -0.25) is 0 Å². The van der Waals surface area contributed by atoms with Crippen molar-refractivity contribution in [1.29, 1.82) is 0 Å². The molecule has 0 aromatic heterocycles. The number of hydrogen-bond donors (Lipinski definition) is 2. The van der Waals surface area contributed by atoms with Crippen LogP contribution in [-0.2, 0) is 0 Å². The summed E-state index contributed by atoms with van der Waals surface area (Å²) >= 11 is 0. The fraction of sp³-hybridized carbons (Fsp3) is 0.926. The van der Waals surface area contributed by atoms with Crippen molar-refractivity contribution in [1.82, 2.24) is 0 Å². The Morgan fingerprint density at radius 2 is 1.83 bits per heavy atom. The zero-order chi connectivity index (χ0) is 21.0. The monoisotopic (exact) mass is 402 g/mol. The van der Waals surface area contributed by atoms with Crippen molar-refractivity contribution < 1.29 is 10.2 Å². The van der Waals surface area contributed by atoms with Crippen molar-refractivity contribution >= 4 is 0 Å². The lowest BCUT2D eigenvalue weighted by molar-refractivity contribution is -0.0514. The van der Waals surface area contributed by atoms with Crippen molar-refractivity contribution in [2.24, 2.45) is 39.9 Å². The van der Waals surface area contributed by atoms with Crippen LogP contribution in [-0.4, -0.2) is 22.4 Å². The molecule has 4 aliphatic rings. The predicted octanol–water partition coefficient (Wildman–Crippen LogP) is 6.50. The van der Waals surface area contributed by atoms with E-state index < -0.39 is 0 Å². The molecule has 2 heteroatoms. The maximum atomic E-state index is 10.4. The maximum Gasteiger partial charge on any atom is 0.0588 e. The third kappa shape index (κ3) is 3.75. The SMILES string of the molecule is CC12CC[C@H](O)CC1=CCC1C2CCC2(C)C(CCC[C@@H](O)C(C)(C)C)CCC12. The van der Waals surface area contributed by atoms with Gasteiger partial charge in [-0.2, -0.15) is 0 Å². The van der Waals surface area contributed by atoms with Crippen LogP contribution in [0.1, 0.15) is 105 Å². The summed E-state index contributed by atoms with van der Waals surface area (Å²) in [4.78, 5) is 0. The van der Waals surface area contributed by atoms with E-state index in [9.17, 15) is 10.2 Å². The van der Waals surface area contributed by atoms with Crippen LogP contribution in [0.15, 0.2) is 11.6 Å². The molecule has 0 radical (unpaired) electrons. The summed E-state index contributed by atoms with van der Waals surface area (Å²) in [5.74, 6) is 3.45. The Bertz CT molecular complexity index is 631. The molecule has 0 aromatic carbocycles. The number of allylic oxidation sites excluding steroid dienone is 1. The highest BCUT2D eigenvalue weighted by Crippen LogP contribution is 2.66. The molecule has 0 spiro atoms. The molecule has 0 amide bonds. The summed E-state index contributed by atoms with van der Waals surface area (Å²) < 4.78 is 0. The van der Waals surface area contributed by atoms with E-state index in [1.807, 2.05) is 0 Å². The van der Waals surface area contributed by atoms with E-state index in [1.165, 1.54) is 51.4 Å². The average molecular weight is 403 g/mol. The van der Waals surface area contributed by atoms with Gasteiger partial charge in [0.25, 0.3) is 0 Å². The molecule has 3 fully saturated rings. The van der Waals surface area contributed by atoms with Crippen molar-refractivity contribution in [3.8, 4) is 0 Å². The van der Waals surface area contributed by atoms with Gasteiger partial charge in [0.15, 0.2) is 0 Å². The van der Waals surface area contributed by atoms with Gasteiger partial charge in [-0.1, -0.05) is 52.7 Å². The van der Waals surface area contributed by atoms with E-state index >= 15 is 0 Å². The van der Waals surface area contributed by atoms with Gasteiger partial charge >= 0.3 is 0 Å². The standard InChI is InChI=1S/C27H46O2/c1-25(2,3)24(29)8-6-7-18-10-12-22-21-11-9-19-17-20(28)13-15-27(19,5)23(21)14-16-26(18,22)4/h9,18,20-24,28-29H,6-8,10-17H2,1-5H3/t18?,20-,21?,22?,23?,24+,26?,27?/m0/s1. The fourth-order valence-electron chi connectivity index (χ4n) is 8.22. The lowest BCUT2D eigenvalue weighted by Gasteiger charge is -2.58. The Kier molecular flexibility index (Phi) is 5.78. The first kappa shape index (κ1) is 21.9. The first-order chi connectivity index (χ1) is 13.6. The molecule has 6 unspecified atom stereocenters. The van der Waals surface area contributed by atoms with Crippen molar-refractivity contribution in [2.45, 2.75) is 117 Å². The van der Waals surface area contributed by atoms with Crippen LogP contribution in [0.3, 0.4) is 0 Å². The van der Waals surface area contributed by atoms with Crippen LogP contribution < -0.4 is 0 Å². The fourth-order valence-corrected chi connectivity index (χ4v) is 8.22. The Morgan fingerprint density at radius 3 is 2.55 bits per heavy atom. The lowest BCUT2D eigenvalue weighted by atomic mass is 9.47. The summed E-state index contributed by atoms with van der Waals surface area (Å²) in [5, 5.41) is 20.6.